The summed E-state index contributed by atoms with van der Waals surface area (Å²) < 4.78 is 0. The topological polar surface area (TPSA) is 78.6 Å². The number of carbonyl (C=O) groups excluding carboxylic acids is 1. The van der Waals surface area contributed by atoms with E-state index in [4.69, 9.17) is 5.84 Å². The number of hydrazine groups is 1. The van der Waals surface area contributed by atoms with E-state index in [2.05, 4.69) is 10.3 Å². The number of aliphatic hydroxyl groups is 1. The van der Waals surface area contributed by atoms with Crippen LogP contribution >= 0.6 is 0 Å². The highest BCUT2D eigenvalue weighted by Crippen LogP contribution is 2.21. The van der Waals surface area contributed by atoms with Crippen LogP contribution in [0.25, 0.3) is 0 Å². The molecule has 0 aromatic heterocycles. The molecule has 0 spiro atoms. The van der Waals surface area contributed by atoms with Crippen LogP contribution in [-0.4, -0.2) is 41.1 Å². The average molecular weight is 257 g/mol. The van der Waals surface area contributed by atoms with E-state index in [0.717, 1.165) is 58.2 Å². The van der Waals surface area contributed by atoms with E-state index in [9.17, 15) is 9.90 Å². The van der Waals surface area contributed by atoms with Gasteiger partial charge in [0.2, 0.25) is 5.91 Å². The molecule has 0 bridgehead atoms. The molecule has 5 heteroatoms. The molecule has 5 nitrogen and oxygen atoms in total. The fourth-order valence-electron chi connectivity index (χ4n) is 2.41. The second kappa shape index (κ2) is 7.71. The summed E-state index contributed by atoms with van der Waals surface area (Å²) in [6, 6.07) is 0. The van der Waals surface area contributed by atoms with Crippen molar-refractivity contribution in [3.63, 3.8) is 0 Å². The Morgan fingerprint density at radius 1 is 1.33 bits per heavy atom. The summed E-state index contributed by atoms with van der Waals surface area (Å²) in [4.78, 5) is 13.3. The van der Waals surface area contributed by atoms with Gasteiger partial charge in [-0.05, 0) is 52.1 Å². The number of hydrogen-bond acceptors (Lipinski definition) is 4. The predicted octanol–water partition coefficient (Wildman–Crippen LogP) is 0.774. The minimum Gasteiger partial charge on any atom is -0.390 e. The number of nitrogens with two attached hydrogens (primary N) is 1. The molecule has 1 atom stereocenters. The SMILES string of the molecule is CC1(O)CCCN(CCCCCC(=O)NN)CC1. The van der Waals surface area contributed by atoms with Gasteiger partial charge in [-0.1, -0.05) is 6.42 Å². The molecule has 4 N–H and O–H groups in total. The molecule has 0 aromatic carbocycles. The van der Waals surface area contributed by atoms with Gasteiger partial charge in [0.25, 0.3) is 0 Å². The number of amides is 1. The summed E-state index contributed by atoms with van der Waals surface area (Å²) >= 11 is 0. The fourth-order valence-corrected chi connectivity index (χ4v) is 2.41. The molecule has 18 heavy (non-hydrogen) atoms. The maximum atomic E-state index is 10.9. The molecule has 1 amide bonds. The van der Waals surface area contributed by atoms with Gasteiger partial charge in [0, 0.05) is 13.0 Å². The second-order valence-electron chi connectivity index (χ2n) is 5.57. The molecule has 106 valence electrons. The Balaban J connectivity index is 2.07. The van der Waals surface area contributed by atoms with E-state index in [-0.39, 0.29) is 5.91 Å². The molecule has 1 rings (SSSR count). The molecule has 0 saturated carbocycles. The van der Waals surface area contributed by atoms with Crippen molar-refractivity contribution >= 4 is 5.91 Å². The van der Waals surface area contributed by atoms with E-state index < -0.39 is 5.60 Å². The number of unbranched alkanes of at least 4 members (excludes halogenated alkanes) is 2. The summed E-state index contributed by atoms with van der Waals surface area (Å²) in [7, 11) is 0. The van der Waals surface area contributed by atoms with Crippen molar-refractivity contribution in [3.8, 4) is 0 Å². The minimum atomic E-state index is -0.478. The molecule has 1 fully saturated rings. The Morgan fingerprint density at radius 2 is 2.11 bits per heavy atom. The Morgan fingerprint density at radius 3 is 2.83 bits per heavy atom. The second-order valence-corrected chi connectivity index (χ2v) is 5.57. The zero-order valence-electron chi connectivity index (χ0n) is 11.5. The third kappa shape index (κ3) is 6.33. The van der Waals surface area contributed by atoms with Gasteiger partial charge in [-0.15, -0.1) is 0 Å². The van der Waals surface area contributed by atoms with Crippen molar-refractivity contribution in [1.82, 2.24) is 10.3 Å². The van der Waals surface area contributed by atoms with Crippen LogP contribution in [0, 0.1) is 0 Å². The number of likely N-dealkylation sites (tertiary alicyclic amines) is 1. The third-order valence-corrected chi connectivity index (χ3v) is 3.70. The van der Waals surface area contributed by atoms with Crippen LogP contribution in [0.3, 0.4) is 0 Å². The highest BCUT2D eigenvalue weighted by Gasteiger charge is 2.24. The molecule has 0 radical (unpaired) electrons. The van der Waals surface area contributed by atoms with Crippen molar-refractivity contribution < 1.29 is 9.90 Å². The summed E-state index contributed by atoms with van der Waals surface area (Å²) in [5, 5.41) is 9.99. The fraction of sp³-hybridized carbons (Fsp3) is 0.923. The van der Waals surface area contributed by atoms with Crippen LogP contribution in [0.1, 0.15) is 51.9 Å². The predicted molar refractivity (Wildman–Crippen MR) is 71.7 cm³/mol. The Bertz CT molecular complexity index is 257. The number of hydrogen-bond donors (Lipinski definition) is 3. The Hall–Kier alpha value is -0.650. The van der Waals surface area contributed by atoms with Crippen LogP contribution in [0.2, 0.25) is 0 Å². The van der Waals surface area contributed by atoms with Gasteiger partial charge in [0.05, 0.1) is 5.60 Å². The van der Waals surface area contributed by atoms with Crippen LogP contribution in [0.4, 0.5) is 0 Å². The van der Waals surface area contributed by atoms with Gasteiger partial charge in [-0.25, -0.2) is 5.84 Å². The number of nitrogens with zero attached hydrogens (tertiary/aromatic N) is 1. The number of rotatable bonds is 6. The van der Waals surface area contributed by atoms with Crippen LogP contribution in [-0.2, 0) is 4.79 Å². The van der Waals surface area contributed by atoms with Gasteiger partial charge < -0.3 is 10.0 Å². The molecular formula is C13H27N3O2. The molecule has 1 aliphatic heterocycles. The van der Waals surface area contributed by atoms with E-state index >= 15 is 0 Å². The lowest BCUT2D eigenvalue weighted by atomic mass is 9.98. The number of carbonyl (C=O) groups is 1. The van der Waals surface area contributed by atoms with Gasteiger partial charge in [-0.2, -0.15) is 0 Å². The molecule has 0 aromatic rings. The third-order valence-electron chi connectivity index (χ3n) is 3.70. The van der Waals surface area contributed by atoms with Crippen LogP contribution in [0.15, 0.2) is 0 Å². The minimum absolute atomic E-state index is 0.0826. The lowest BCUT2D eigenvalue weighted by molar-refractivity contribution is -0.121. The first kappa shape index (κ1) is 15.4. The van der Waals surface area contributed by atoms with E-state index in [1.165, 1.54) is 0 Å². The monoisotopic (exact) mass is 257 g/mol. The summed E-state index contributed by atoms with van der Waals surface area (Å²) in [6.45, 7) is 5.07. The lowest BCUT2D eigenvalue weighted by Gasteiger charge is -2.22. The first-order valence-corrected chi connectivity index (χ1v) is 6.98. The summed E-state index contributed by atoms with van der Waals surface area (Å²) in [5.41, 5.74) is 1.67. The van der Waals surface area contributed by atoms with Crippen molar-refractivity contribution in [1.29, 1.82) is 0 Å². The zero-order chi connectivity index (χ0) is 13.4. The van der Waals surface area contributed by atoms with Gasteiger partial charge >= 0.3 is 0 Å². The smallest absolute Gasteiger partial charge is 0.233 e. The van der Waals surface area contributed by atoms with Crippen molar-refractivity contribution in [3.05, 3.63) is 0 Å². The Labute approximate surface area is 110 Å². The van der Waals surface area contributed by atoms with Gasteiger partial charge in [0.1, 0.15) is 0 Å². The van der Waals surface area contributed by atoms with Crippen molar-refractivity contribution in [2.45, 2.75) is 57.5 Å². The first-order valence-electron chi connectivity index (χ1n) is 6.98. The normalized spacial score (nSPS) is 25.7. The molecule has 1 unspecified atom stereocenters. The van der Waals surface area contributed by atoms with Crippen molar-refractivity contribution in [2.75, 3.05) is 19.6 Å². The highest BCUT2D eigenvalue weighted by atomic mass is 16.3. The standard InChI is InChI=1S/C13H27N3O2/c1-13(18)7-5-10-16(11-8-13)9-4-2-3-6-12(17)15-14/h18H,2-11,14H2,1H3,(H,15,17). The lowest BCUT2D eigenvalue weighted by Crippen LogP contribution is -2.30. The molecule has 1 aliphatic rings. The van der Waals surface area contributed by atoms with Crippen molar-refractivity contribution in [2.24, 2.45) is 5.84 Å². The van der Waals surface area contributed by atoms with E-state index in [1.54, 1.807) is 0 Å². The van der Waals surface area contributed by atoms with Crippen LogP contribution < -0.4 is 11.3 Å². The number of nitrogens with one attached hydrogen (secondary N) is 1. The first-order chi connectivity index (χ1) is 8.53. The van der Waals surface area contributed by atoms with E-state index in [1.807, 2.05) is 6.92 Å². The average Bonchev–Trinajstić information content (AvgIpc) is 2.50. The Kier molecular flexibility index (Phi) is 6.60. The highest BCUT2D eigenvalue weighted by molar-refractivity contribution is 5.74. The zero-order valence-corrected chi connectivity index (χ0v) is 11.5. The summed E-state index contributed by atoms with van der Waals surface area (Å²) in [6.07, 6.45) is 6.42. The molecular weight excluding hydrogens is 230 g/mol. The van der Waals surface area contributed by atoms with Gasteiger partial charge in [-0.3, -0.25) is 10.2 Å². The quantitative estimate of drug-likeness (QED) is 0.284. The maximum Gasteiger partial charge on any atom is 0.233 e. The maximum absolute atomic E-state index is 10.9. The molecule has 1 saturated heterocycles. The largest absolute Gasteiger partial charge is 0.390 e. The summed E-state index contributed by atoms with van der Waals surface area (Å²) in [5.74, 6) is 4.93. The van der Waals surface area contributed by atoms with Crippen LogP contribution in [0.5, 0.6) is 0 Å². The van der Waals surface area contributed by atoms with E-state index in [0.29, 0.717) is 6.42 Å². The molecule has 0 aliphatic carbocycles. The molecule has 1 heterocycles. The van der Waals surface area contributed by atoms with Gasteiger partial charge in [0.15, 0.2) is 0 Å².